The Bertz CT molecular complexity index is 1040. The minimum absolute atomic E-state index is 0.0727. The average Bonchev–Trinajstić information content (AvgIpc) is 2.93. The Morgan fingerprint density at radius 1 is 0.861 bits per heavy atom. The first kappa shape index (κ1) is 25.9. The number of piperazine rings is 1. The molecule has 1 aliphatic rings. The first-order valence-electron chi connectivity index (χ1n) is 13.2. The van der Waals surface area contributed by atoms with Crippen molar-refractivity contribution >= 4 is 5.91 Å². The number of hydrogen-bond donors (Lipinski definition) is 0. The number of unbranched alkanes of at least 4 members (excludes halogenated alkanes) is 1. The van der Waals surface area contributed by atoms with Crippen molar-refractivity contribution in [3.05, 3.63) is 101 Å². The molecule has 4 rings (SSSR count). The molecule has 0 saturated carbocycles. The highest BCUT2D eigenvalue weighted by atomic mass is 16.5. The summed E-state index contributed by atoms with van der Waals surface area (Å²) in [4.78, 5) is 17.9. The highest BCUT2D eigenvalue weighted by Crippen LogP contribution is 2.30. The number of ether oxygens (including phenoxy) is 2. The molecule has 0 bridgehead atoms. The predicted octanol–water partition coefficient (Wildman–Crippen LogP) is 5.95. The summed E-state index contributed by atoms with van der Waals surface area (Å²) in [6.07, 6.45) is 2.12. The van der Waals surface area contributed by atoms with Crippen LogP contribution in [0.25, 0.3) is 0 Å². The second-order valence-electron chi connectivity index (χ2n) is 9.21. The summed E-state index contributed by atoms with van der Waals surface area (Å²) in [6, 6.07) is 27.2. The molecule has 3 aromatic rings. The Hall–Kier alpha value is -3.15. The van der Waals surface area contributed by atoms with Crippen molar-refractivity contribution in [1.29, 1.82) is 0 Å². The van der Waals surface area contributed by atoms with E-state index in [-0.39, 0.29) is 11.9 Å². The number of carbonyl (C=O) groups excluding carboxylic acids is 1. The van der Waals surface area contributed by atoms with Crippen molar-refractivity contribution in [2.75, 3.05) is 39.4 Å². The molecule has 1 amide bonds. The Labute approximate surface area is 215 Å². The highest BCUT2D eigenvalue weighted by Gasteiger charge is 2.28. The number of amides is 1. The molecule has 190 valence electrons. The lowest BCUT2D eigenvalue weighted by Crippen LogP contribution is -2.49. The second-order valence-corrected chi connectivity index (χ2v) is 9.21. The van der Waals surface area contributed by atoms with Crippen LogP contribution in [0.15, 0.2) is 78.9 Å². The molecular formula is C31H38N2O3. The molecule has 0 atom stereocenters. The van der Waals surface area contributed by atoms with Gasteiger partial charge in [0.25, 0.3) is 5.91 Å². The van der Waals surface area contributed by atoms with E-state index in [0.29, 0.717) is 38.5 Å². The third-order valence-electron chi connectivity index (χ3n) is 6.70. The van der Waals surface area contributed by atoms with Crippen LogP contribution in [-0.4, -0.2) is 55.1 Å². The van der Waals surface area contributed by atoms with Gasteiger partial charge in [-0.2, -0.15) is 0 Å². The molecule has 36 heavy (non-hydrogen) atoms. The van der Waals surface area contributed by atoms with Crippen molar-refractivity contribution in [3.63, 3.8) is 0 Å². The first-order chi connectivity index (χ1) is 17.7. The Balaban J connectivity index is 1.45. The van der Waals surface area contributed by atoms with E-state index < -0.39 is 0 Å². The standard InChI is InChI=1S/C31H38N2O3/c1-3-5-22-35-24-28-23-27(16-17-29(28)36-4-2)31(34)33-20-18-32(19-21-33)30(25-12-8-6-9-13-25)26-14-10-7-11-15-26/h6-17,23,30H,3-5,18-22,24H2,1-2H3. The maximum absolute atomic E-state index is 13.4. The monoisotopic (exact) mass is 486 g/mol. The molecule has 5 nitrogen and oxygen atoms in total. The van der Waals surface area contributed by atoms with Crippen LogP contribution in [0.1, 0.15) is 59.8 Å². The van der Waals surface area contributed by atoms with E-state index >= 15 is 0 Å². The van der Waals surface area contributed by atoms with Crippen molar-refractivity contribution in [2.24, 2.45) is 0 Å². The van der Waals surface area contributed by atoms with Crippen LogP contribution in [0.2, 0.25) is 0 Å². The number of nitrogens with zero attached hydrogens (tertiary/aromatic N) is 2. The number of hydrogen-bond acceptors (Lipinski definition) is 4. The normalized spacial score (nSPS) is 14.2. The fourth-order valence-electron chi connectivity index (χ4n) is 4.80. The lowest BCUT2D eigenvalue weighted by molar-refractivity contribution is 0.0597. The van der Waals surface area contributed by atoms with Gasteiger partial charge in [0.2, 0.25) is 0 Å². The fraction of sp³-hybridized carbons (Fsp3) is 0.387. The minimum Gasteiger partial charge on any atom is -0.494 e. The quantitative estimate of drug-likeness (QED) is 0.314. The van der Waals surface area contributed by atoms with Crippen LogP contribution in [0.5, 0.6) is 5.75 Å². The molecule has 5 heteroatoms. The summed E-state index contributed by atoms with van der Waals surface area (Å²) in [5.74, 6) is 0.868. The molecule has 1 fully saturated rings. The van der Waals surface area contributed by atoms with Gasteiger partial charge >= 0.3 is 0 Å². The lowest BCUT2D eigenvalue weighted by Gasteiger charge is -2.40. The van der Waals surface area contributed by atoms with Crippen molar-refractivity contribution in [3.8, 4) is 5.75 Å². The molecule has 1 aliphatic heterocycles. The molecule has 0 N–H and O–H groups in total. The van der Waals surface area contributed by atoms with E-state index in [1.807, 2.05) is 30.0 Å². The van der Waals surface area contributed by atoms with Gasteiger partial charge in [0, 0.05) is 43.9 Å². The summed E-state index contributed by atoms with van der Waals surface area (Å²) in [5, 5.41) is 0. The van der Waals surface area contributed by atoms with Gasteiger partial charge in [-0.15, -0.1) is 0 Å². The summed E-state index contributed by atoms with van der Waals surface area (Å²) < 4.78 is 11.6. The van der Waals surface area contributed by atoms with Gasteiger partial charge in [0.15, 0.2) is 0 Å². The van der Waals surface area contributed by atoms with Crippen LogP contribution in [0, 0.1) is 0 Å². The third-order valence-corrected chi connectivity index (χ3v) is 6.70. The molecule has 0 aliphatic carbocycles. The smallest absolute Gasteiger partial charge is 0.253 e. The van der Waals surface area contributed by atoms with Crippen LogP contribution in [0.4, 0.5) is 0 Å². The van der Waals surface area contributed by atoms with E-state index in [4.69, 9.17) is 9.47 Å². The van der Waals surface area contributed by atoms with Crippen LogP contribution in [0.3, 0.4) is 0 Å². The third kappa shape index (κ3) is 6.54. The SMILES string of the molecule is CCCCOCc1cc(C(=O)N2CCN(C(c3ccccc3)c3ccccc3)CC2)ccc1OCC. The zero-order valence-corrected chi connectivity index (χ0v) is 21.6. The molecule has 1 heterocycles. The summed E-state index contributed by atoms with van der Waals surface area (Å²) in [6.45, 7) is 8.92. The van der Waals surface area contributed by atoms with E-state index in [0.717, 1.165) is 37.2 Å². The van der Waals surface area contributed by atoms with Gasteiger partial charge in [-0.05, 0) is 42.7 Å². The van der Waals surface area contributed by atoms with Gasteiger partial charge in [-0.1, -0.05) is 74.0 Å². The maximum atomic E-state index is 13.4. The second kappa shape index (κ2) is 13.2. The van der Waals surface area contributed by atoms with E-state index in [9.17, 15) is 4.79 Å². The van der Waals surface area contributed by atoms with Crippen molar-refractivity contribution in [1.82, 2.24) is 9.80 Å². The zero-order valence-electron chi connectivity index (χ0n) is 21.6. The van der Waals surface area contributed by atoms with Gasteiger partial charge in [0.1, 0.15) is 5.75 Å². The fourth-order valence-corrected chi connectivity index (χ4v) is 4.80. The largest absolute Gasteiger partial charge is 0.494 e. The summed E-state index contributed by atoms with van der Waals surface area (Å²) >= 11 is 0. The lowest BCUT2D eigenvalue weighted by atomic mass is 9.96. The molecule has 0 unspecified atom stereocenters. The van der Waals surface area contributed by atoms with Crippen LogP contribution < -0.4 is 4.74 Å². The minimum atomic E-state index is 0.0727. The first-order valence-corrected chi connectivity index (χ1v) is 13.2. The van der Waals surface area contributed by atoms with Crippen LogP contribution in [-0.2, 0) is 11.3 Å². The average molecular weight is 487 g/mol. The van der Waals surface area contributed by atoms with E-state index in [1.165, 1.54) is 11.1 Å². The maximum Gasteiger partial charge on any atom is 0.253 e. The van der Waals surface area contributed by atoms with Crippen LogP contribution >= 0.6 is 0 Å². The van der Waals surface area contributed by atoms with Crippen molar-refractivity contribution < 1.29 is 14.3 Å². The zero-order chi connectivity index (χ0) is 25.2. The molecule has 3 aromatic carbocycles. The van der Waals surface area contributed by atoms with Gasteiger partial charge in [-0.3, -0.25) is 9.69 Å². The van der Waals surface area contributed by atoms with Crippen molar-refractivity contribution in [2.45, 2.75) is 39.3 Å². The number of rotatable bonds is 11. The predicted molar refractivity (Wildman–Crippen MR) is 144 cm³/mol. The topological polar surface area (TPSA) is 42.0 Å². The van der Waals surface area contributed by atoms with E-state index in [2.05, 4.69) is 72.5 Å². The summed E-state index contributed by atoms with van der Waals surface area (Å²) in [5.41, 5.74) is 4.19. The summed E-state index contributed by atoms with van der Waals surface area (Å²) in [7, 11) is 0. The van der Waals surface area contributed by atoms with Gasteiger partial charge < -0.3 is 14.4 Å². The van der Waals surface area contributed by atoms with E-state index in [1.54, 1.807) is 0 Å². The number of benzene rings is 3. The Kier molecular flexibility index (Phi) is 9.54. The molecular weight excluding hydrogens is 448 g/mol. The molecule has 0 aromatic heterocycles. The Morgan fingerprint density at radius 2 is 1.50 bits per heavy atom. The number of carbonyl (C=O) groups is 1. The Morgan fingerprint density at radius 3 is 2.08 bits per heavy atom. The van der Waals surface area contributed by atoms with Gasteiger partial charge in [0.05, 0.1) is 19.3 Å². The van der Waals surface area contributed by atoms with Gasteiger partial charge in [-0.25, -0.2) is 0 Å². The molecule has 0 radical (unpaired) electrons. The molecule has 1 saturated heterocycles. The highest BCUT2D eigenvalue weighted by molar-refractivity contribution is 5.94. The molecule has 0 spiro atoms.